The molecule has 9 heavy (non-hydrogen) atoms. The van der Waals surface area contributed by atoms with Crippen molar-refractivity contribution in [2.75, 3.05) is 12.4 Å². The van der Waals surface area contributed by atoms with Gasteiger partial charge < -0.3 is 10.4 Å². The molecule has 1 rings (SSSR count). The van der Waals surface area contributed by atoms with Gasteiger partial charge in [0, 0.05) is 7.05 Å². The van der Waals surface area contributed by atoms with Crippen molar-refractivity contribution in [2.24, 2.45) is 0 Å². The lowest BCUT2D eigenvalue weighted by Crippen LogP contribution is -1.93. The molecule has 0 aliphatic carbocycles. The summed E-state index contributed by atoms with van der Waals surface area (Å²) in [4.78, 5) is 7.45. The van der Waals surface area contributed by atoms with Crippen molar-refractivity contribution in [3.8, 4) is 5.75 Å². The van der Waals surface area contributed by atoms with Crippen LogP contribution in [-0.4, -0.2) is 22.1 Å². The van der Waals surface area contributed by atoms with E-state index in [9.17, 15) is 0 Å². The van der Waals surface area contributed by atoms with E-state index in [0.29, 0.717) is 5.95 Å². The SMILES string of the molecule is CNc1ncc(O)cn1. The van der Waals surface area contributed by atoms with Crippen molar-refractivity contribution in [3.63, 3.8) is 0 Å². The van der Waals surface area contributed by atoms with Crippen molar-refractivity contribution in [3.05, 3.63) is 12.4 Å². The fourth-order valence-corrected chi connectivity index (χ4v) is 0.450. The highest BCUT2D eigenvalue weighted by Crippen LogP contribution is 2.03. The molecule has 0 aliphatic heterocycles. The maximum atomic E-state index is 8.70. The molecule has 48 valence electrons. The smallest absolute Gasteiger partial charge is 0.222 e. The average molecular weight is 125 g/mol. The van der Waals surface area contributed by atoms with Crippen LogP contribution >= 0.6 is 0 Å². The van der Waals surface area contributed by atoms with Gasteiger partial charge in [0.05, 0.1) is 12.4 Å². The summed E-state index contributed by atoms with van der Waals surface area (Å²) in [5, 5.41) is 11.4. The Morgan fingerprint density at radius 2 is 2.00 bits per heavy atom. The zero-order valence-corrected chi connectivity index (χ0v) is 5.00. The van der Waals surface area contributed by atoms with Gasteiger partial charge in [-0.15, -0.1) is 0 Å². The first-order chi connectivity index (χ1) is 4.33. The highest BCUT2D eigenvalue weighted by molar-refractivity contribution is 5.24. The van der Waals surface area contributed by atoms with Crippen LogP contribution in [0.5, 0.6) is 5.75 Å². The second-order valence-corrected chi connectivity index (χ2v) is 1.51. The van der Waals surface area contributed by atoms with E-state index >= 15 is 0 Å². The fourth-order valence-electron chi connectivity index (χ4n) is 0.450. The molecular weight excluding hydrogens is 118 g/mol. The Bertz CT molecular complexity index is 184. The van der Waals surface area contributed by atoms with Gasteiger partial charge in [0.2, 0.25) is 5.95 Å². The monoisotopic (exact) mass is 125 g/mol. The van der Waals surface area contributed by atoms with Crippen LogP contribution in [0.25, 0.3) is 0 Å². The quantitative estimate of drug-likeness (QED) is 0.563. The molecule has 0 aromatic carbocycles. The van der Waals surface area contributed by atoms with E-state index in [-0.39, 0.29) is 5.75 Å². The molecule has 1 heterocycles. The number of aromatic nitrogens is 2. The highest BCUT2D eigenvalue weighted by atomic mass is 16.3. The van der Waals surface area contributed by atoms with E-state index < -0.39 is 0 Å². The van der Waals surface area contributed by atoms with Gasteiger partial charge in [-0.3, -0.25) is 0 Å². The van der Waals surface area contributed by atoms with Gasteiger partial charge in [0.1, 0.15) is 0 Å². The van der Waals surface area contributed by atoms with Crippen molar-refractivity contribution >= 4 is 5.95 Å². The van der Waals surface area contributed by atoms with Gasteiger partial charge in [-0.2, -0.15) is 0 Å². The van der Waals surface area contributed by atoms with Crippen LogP contribution in [0.2, 0.25) is 0 Å². The molecule has 0 aliphatic rings. The van der Waals surface area contributed by atoms with Crippen LogP contribution < -0.4 is 5.32 Å². The van der Waals surface area contributed by atoms with E-state index in [1.807, 2.05) is 0 Å². The first kappa shape index (κ1) is 5.81. The molecular formula is C5H7N3O. The van der Waals surface area contributed by atoms with E-state index in [0.717, 1.165) is 0 Å². The molecule has 0 atom stereocenters. The number of aromatic hydroxyl groups is 1. The number of hydrogen-bond donors (Lipinski definition) is 2. The summed E-state index contributed by atoms with van der Waals surface area (Å²) in [6.45, 7) is 0. The van der Waals surface area contributed by atoms with Crippen LogP contribution in [0, 0.1) is 0 Å². The fraction of sp³-hybridized carbons (Fsp3) is 0.200. The molecule has 1 aromatic heterocycles. The number of nitrogens with zero attached hydrogens (tertiary/aromatic N) is 2. The average Bonchev–Trinajstić information content (AvgIpc) is 1.90. The van der Waals surface area contributed by atoms with E-state index in [1.54, 1.807) is 7.05 Å². The van der Waals surface area contributed by atoms with Gasteiger partial charge in [-0.25, -0.2) is 9.97 Å². The third-order valence-corrected chi connectivity index (χ3v) is 0.862. The molecule has 0 spiro atoms. The minimum absolute atomic E-state index is 0.0778. The molecule has 0 saturated carbocycles. The zero-order valence-electron chi connectivity index (χ0n) is 5.00. The molecule has 0 saturated heterocycles. The summed E-state index contributed by atoms with van der Waals surface area (Å²) in [6.07, 6.45) is 2.66. The molecule has 1 aromatic rings. The molecule has 4 heteroatoms. The second-order valence-electron chi connectivity index (χ2n) is 1.51. The summed E-state index contributed by atoms with van der Waals surface area (Å²) in [5.41, 5.74) is 0. The Kier molecular flexibility index (Phi) is 1.48. The molecule has 4 nitrogen and oxygen atoms in total. The third kappa shape index (κ3) is 1.28. The van der Waals surface area contributed by atoms with Gasteiger partial charge in [0.15, 0.2) is 5.75 Å². The lowest BCUT2D eigenvalue weighted by atomic mass is 10.6. The number of hydrogen-bond acceptors (Lipinski definition) is 4. The van der Waals surface area contributed by atoms with Crippen LogP contribution in [-0.2, 0) is 0 Å². The van der Waals surface area contributed by atoms with E-state index in [1.165, 1.54) is 12.4 Å². The van der Waals surface area contributed by atoms with E-state index in [4.69, 9.17) is 5.11 Å². The standard InChI is InChI=1S/C5H7N3O/c1-6-5-7-2-4(9)3-8-5/h2-3,9H,1H3,(H,6,7,8). The number of rotatable bonds is 1. The Balaban J connectivity index is 2.88. The number of anilines is 1. The van der Waals surface area contributed by atoms with Gasteiger partial charge in [0.25, 0.3) is 0 Å². The Hall–Kier alpha value is -1.32. The molecule has 0 radical (unpaired) electrons. The van der Waals surface area contributed by atoms with Crippen molar-refractivity contribution in [2.45, 2.75) is 0 Å². The molecule has 0 fully saturated rings. The third-order valence-electron chi connectivity index (χ3n) is 0.862. The van der Waals surface area contributed by atoms with Crippen LogP contribution in [0.3, 0.4) is 0 Å². The van der Waals surface area contributed by atoms with Crippen molar-refractivity contribution in [1.82, 2.24) is 9.97 Å². The Morgan fingerprint density at radius 1 is 1.44 bits per heavy atom. The lowest BCUT2D eigenvalue weighted by molar-refractivity contribution is 0.470. The van der Waals surface area contributed by atoms with Crippen LogP contribution in [0.4, 0.5) is 5.95 Å². The molecule has 2 N–H and O–H groups in total. The summed E-state index contributed by atoms with van der Waals surface area (Å²) in [7, 11) is 1.71. The lowest BCUT2D eigenvalue weighted by Gasteiger charge is -1.94. The van der Waals surface area contributed by atoms with E-state index in [2.05, 4.69) is 15.3 Å². The normalized spacial score (nSPS) is 9.00. The number of nitrogens with one attached hydrogen (secondary N) is 1. The zero-order chi connectivity index (χ0) is 6.69. The topological polar surface area (TPSA) is 58.0 Å². The maximum absolute atomic E-state index is 8.70. The predicted octanol–water partition coefficient (Wildman–Crippen LogP) is 0.224. The predicted molar refractivity (Wildman–Crippen MR) is 33.2 cm³/mol. The second kappa shape index (κ2) is 2.30. The summed E-state index contributed by atoms with van der Waals surface area (Å²) in [6, 6.07) is 0. The molecule has 0 bridgehead atoms. The first-order valence-electron chi connectivity index (χ1n) is 2.51. The highest BCUT2D eigenvalue weighted by Gasteiger charge is 1.88. The minimum atomic E-state index is 0.0778. The first-order valence-corrected chi connectivity index (χ1v) is 2.51. The summed E-state index contributed by atoms with van der Waals surface area (Å²) in [5.74, 6) is 0.585. The van der Waals surface area contributed by atoms with Gasteiger partial charge in [-0.1, -0.05) is 0 Å². The maximum Gasteiger partial charge on any atom is 0.222 e. The van der Waals surface area contributed by atoms with Crippen molar-refractivity contribution < 1.29 is 5.11 Å². The van der Waals surface area contributed by atoms with Crippen LogP contribution in [0.1, 0.15) is 0 Å². The largest absolute Gasteiger partial charge is 0.505 e. The molecule has 0 amide bonds. The summed E-state index contributed by atoms with van der Waals surface area (Å²) >= 11 is 0. The minimum Gasteiger partial charge on any atom is -0.505 e. The van der Waals surface area contributed by atoms with Crippen molar-refractivity contribution in [1.29, 1.82) is 0 Å². The Morgan fingerprint density at radius 3 is 2.44 bits per heavy atom. The van der Waals surface area contributed by atoms with Crippen LogP contribution in [0.15, 0.2) is 12.4 Å². The molecule has 0 unspecified atom stereocenters. The van der Waals surface area contributed by atoms with Gasteiger partial charge in [-0.05, 0) is 0 Å². The van der Waals surface area contributed by atoms with Gasteiger partial charge >= 0.3 is 0 Å². The Labute approximate surface area is 52.6 Å². The summed E-state index contributed by atoms with van der Waals surface area (Å²) < 4.78 is 0.